The lowest BCUT2D eigenvalue weighted by atomic mass is 9.95. The Morgan fingerprint density at radius 2 is 1.54 bits per heavy atom. The summed E-state index contributed by atoms with van der Waals surface area (Å²) in [6.07, 6.45) is 5.82. The molecule has 0 saturated heterocycles. The van der Waals surface area contributed by atoms with E-state index in [4.69, 9.17) is 5.73 Å². The summed E-state index contributed by atoms with van der Waals surface area (Å²) in [5.41, 5.74) is 10.9. The van der Waals surface area contributed by atoms with E-state index in [1.165, 1.54) is 59.3 Å². The lowest BCUT2D eigenvalue weighted by molar-refractivity contribution is -0.116. The number of nitrogen functional groups attached to an aromatic ring is 1. The van der Waals surface area contributed by atoms with Crippen molar-refractivity contribution in [3.05, 3.63) is 84.1 Å². The molecule has 0 aliphatic heterocycles. The summed E-state index contributed by atoms with van der Waals surface area (Å²) in [6.45, 7) is 0.808. The number of carbonyl (C=O) groups is 1. The molecule has 3 N–H and O–H groups in total. The Hall–Kier alpha value is -3.58. The molecule has 0 unspecified atom stereocenters. The van der Waals surface area contributed by atoms with Gasteiger partial charge in [0, 0.05) is 40.9 Å². The van der Waals surface area contributed by atoms with Gasteiger partial charge in [-0.05, 0) is 92.3 Å². The average Bonchev–Trinajstić information content (AvgIpc) is 3.19. The molecule has 3 aromatic carbocycles. The number of amides is 1. The summed E-state index contributed by atoms with van der Waals surface area (Å²) in [5, 5.41) is 4.24. The van der Waals surface area contributed by atoms with E-state index in [0.29, 0.717) is 17.8 Å². The fourth-order valence-electron chi connectivity index (χ4n) is 4.96. The number of carbonyl (C=O) groups excluding carboxylic acids is 1. The largest absolute Gasteiger partial charge is 0.399 e. The quantitative estimate of drug-likeness (QED) is 0.344. The van der Waals surface area contributed by atoms with Gasteiger partial charge in [-0.15, -0.1) is 0 Å². The van der Waals surface area contributed by atoms with Gasteiger partial charge in [0.1, 0.15) is 0 Å². The lowest BCUT2D eigenvalue weighted by Gasteiger charge is -2.16. The van der Waals surface area contributed by atoms with Crippen molar-refractivity contribution >= 4 is 38.0 Å². The molecule has 4 aromatic rings. The second kappa shape index (κ2) is 9.58. The zero-order valence-electron chi connectivity index (χ0n) is 19.5. The average molecular weight is 488 g/mol. The highest BCUT2D eigenvalue weighted by Gasteiger charge is 2.20. The standard InChI is InChI=1S/C28H29N3O3S/c29-20-11-15-22(16-12-20)35(33,34)23-17-13-21(14-18-23)30-28(32)10-5-19-31-26-8-3-1-6-24(26)25-7-2-4-9-27(25)31/h1,3,6,8,11-18H,2,4-5,7,9-10,19,29H2,(H,30,32). The molecule has 0 fully saturated rings. The molecular weight excluding hydrogens is 458 g/mol. The molecule has 0 spiro atoms. The SMILES string of the molecule is Nc1ccc(S(=O)(=O)c2ccc(NC(=O)CCCn3c4c(c5ccccc53)CCCC4)cc2)cc1. The zero-order valence-corrected chi connectivity index (χ0v) is 20.4. The first-order valence-electron chi connectivity index (χ1n) is 12.0. The summed E-state index contributed by atoms with van der Waals surface area (Å²) in [4.78, 5) is 12.9. The molecule has 5 rings (SSSR count). The van der Waals surface area contributed by atoms with Crippen molar-refractivity contribution in [3.63, 3.8) is 0 Å². The number of nitrogens with zero attached hydrogens (tertiary/aromatic N) is 1. The Bertz CT molecular complexity index is 1470. The summed E-state index contributed by atoms with van der Waals surface area (Å²) in [5.74, 6) is -0.0792. The van der Waals surface area contributed by atoms with Crippen molar-refractivity contribution in [2.45, 2.75) is 54.9 Å². The van der Waals surface area contributed by atoms with Gasteiger partial charge < -0.3 is 15.6 Å². The number of benzene rings is 3. The van der Waals surface area contributed by atoms with E-state index in [9.17, 15) is 13.2 Å². The number of aromatic nitrogens is 1. The van der Waals surface area contributed by atoms with E-state index in [0.717, 1.165) is 25.8 Å². The molecule has 1 aromatic heterocycles. The number of nitrogens with one attached hydrogen (secondary N) is 1. The number of nitrogens with two attached hydrogens (primary N) is 1. The topological polar surface area (TPSA) is 94.2 Å². The molecule has 180 valence electrons. The van der Waals surface area contributed by atoms with Crippen LogP contribution >= 0.6 is 0 Å². The molecular formula is C28H29N3O3S. The van der Waals surface area contributed by atoms with Crippen LogP contribution in [0.3, 0.4) is 0 Å². The second-order valence-electron chi connectivity index (χ2n) is 9.05. The van der Waals surface area contributed by atoms with Crippen LogP contribution in [0.4, 0.5) is 11.4 Å². The predicted molar refractivity (Wildman–Crippen MR) is 139 cm³/mol. The first-order chi connectivity index (χ1) is 16.9. The highest BCUT2D eigenvalue weighted by Crippen LogP contribution is 2.32. The maximum Gasteiger partial charge on any atom is 0.224 e. The minimum Gasteiger partial charge on any atom is -0.399 e. The van der Waals surface area contributed by atoms with Crippen molar-refractivity contribution in [2.75, 3.05) is 11.1 Å². The number of anilines is 2. The Morgan fingerprint density at radius 1 is 0.886 bits per heavy atom. The van der Waals surface area contributed by atoms with E-state index in [1.54, 1.807) is 24.3 Å². The summed E-state index contributed by atoms with van der Waals surface area (Å²) in [7, 11) is -3.64. The van der Waals surface area contributed by atoms with Gasteiger partial charge in [0.2, 0.25) is 15.7 Å². The highest BCUT2D eigenvalue weighted by atomic mass is 32.2. The summed E-state index contributed by atoms with van der Waals surface area (Å²) in [6, 6.07) is 20.9. The number of para-hydroxylation sites is 1. The predicted octanol–water partition coefficient (Wildman–Crippen LogP) is 5.35. The molecule has 1 heterocycles. The van der Waals surface area contributed by atoms with E-state index < -0.39 is 9.84 Å². The van der Waals surface area contributed by atoms with Gasteiger partial charge in [0.05, 0.1) is 9.79 Å². The summed E-state index contributed by atoms with van der Waals surface area (Å²) < 4.78 is 28.0. The third-order valence-corrected chi connectivity index (χ3v) is 8.49. The molecule has 0 atom stereocenters. The monoisotopic (exact) mass is 487 g/mol. The molecule has 0 bridgehead atoms. The normalized spacial score (nSPS) is 13.5. The molecule has 0 radical (unpaired) electrons. The van der Waals surface area contributed by atoms with Crippen molar-refractivity contribution in [1.29, 1.82) is 0 Å². The Balaban J connectivity index is 1.21. The number of sulfone groups is 1. The van der Waals surface area contributed by atoms with Crippen LogP contribution in [0.1, 0.15) is 36.9 Å². The molecule has 7 heteroatoms. The van der Waals surface area contributed by atoms with Crippen molar-refractivity contribution < 1.29 is 13.2 Å². The van der Waals surface area contributed by atoms with E-state index in [1.807, 2.05) is 0 Å². The van der Waals surface area contributed by atoms with Gasteiger partial charge in [-0.1, -0.05) is 18.2 Å². The fraction of sp³-hybridized carbons (Fsp3) is 0.250. The first-order valence-corrected chi connectivity index (χ1v) is 13.5. The van der Waals surface area contributed by atoms with Crippen molar-refractivity contribution in [3.8, 4) is 0 Å². The van der Waals surface area contributed by atoms with Crippen LogP contribution in [0.15, 0.2) is 82.6 Å². The molecule has 1 amide bonds. The maximum atomic E-state index is 12.8. The van der Waals surface area contributed by atoms with Crippen LogP contribution in [0.5, 0.6) is 0 Å². The Labute approximate surface area is 205 Å². The van der Waals surface area contributed by atoms with Crippen molar-refractivity contribution in [2.24, 2.45) is 0 Å². The van der Waals surface area contributed by atoms with E-state index in [2.05, 4.69) is 34.1 Å². The van der Waals surface area contributed by atoms with Crippen molar-refractivity contribution in [1.82, 2.24) is 4.57 Å². The third-order valence-electron chi connectivity index (χ3n) is 6.71. The van der Waals surface area contributed by atoms with Gasteiger partial charge in [-0.2, -0.15) is 0 Å². The van der Waals surface area contributed by atoms with Crippen LogP contribution in [-0.4, -0.2) is 18.9 Å². The maximum absolute atomic E-state index is 12.8. The van der Waals surface area contributed by atoms with Gasteiger partial charge in [-0.3, -0.25) is 4.79 Å². The van der Waals surface area contributed by atoms with E-state index in [-0.39, 0.29) is 15.7 Å². The van der Waals surface area contributed by atoms with Crippen LogP contribution < -0.4 is 11.1 Å². The second-order valence-corrected chi connectivity index (χ2v) is 11.0. The third kappa shape index (κ3) is 4.68. The van der Waals surface area contributed by atoms with Gasteiger partial charge in [0.15, 0.2) is 0 Å². The van der Waals surface area contributed by atoms with Crippen LogP contribution in [0.2, 0.25) is 0 Å². The fourth-order valence-corrected chi connectivity index (χ4v) is 6.23. The zero-order chi connectivity index (χ0) is 24.4. The minimum absolute atomic E-state index is 0.0792. The minimum atomic E-state index is -3.64. The van der Waals surface area contributed by atoms with Crippen LogP contribution in [0, 0.1) is 0 Å². The molecule has 6 nitrogen and oxygen atoms in total. The Kier molecular flexibility index (Phi) is 6.34. The number of hydrogen-bond acceptors (Lipinski definition) is 4. The Morgan fingerprint density at radius 3 is 2.29 bits per heavy atom. The van der Waals surface area contributed by atoms with Gasteiger partial charge in [0.25, 0.3) is 0 Å². The molecule has 1 aliphatic carbocycles. The number of fused-ring (bicyclic) bond motifs is 3. The molecule has 0 saturated carbocycles. The van der Waals surface area contributed by atoms with Crippen LogP contribution in [-0.2, 0) is 34.0 Å². The number of hydrogen-bond donors (Lipinski definition) is 2. The smallest absolute Gasteiger partial charge is 0.224 e. The first kappa shape index (κ1) is 23.2. The number of rotatable bonds is 7. The lowest BCUT2D eigenvalue weighted by Crippen LogP contribution is -2.14. The van der Waals surface area contributed by atoms with E-state index >= 15 is 0 Å². The number of aryl methyl sites for hydroxylation is 2. The van der Waals surface area contributed by atoms with Crippen LogP contribution in [0.25, 0.3) is 10.9 Å². The summed E-state index contributed by atoms with van der Waals surface area (Å²) >= 11 is 0. The van der Waals surface area contributed by atoms with Gasteiger partial charge in [-0.25, -0.2) is 8.42 Å². The molecule has 1 aliphatic rings. The van der Waals surface area contributed by atoms with Gasteiger partial charge >= 0.3 is 0 Å². The highest BCUT2D eigenvalue weighted by molar-refractivity contribution is 7.91. The molecule has 35 heavy (non-hydrogen) atoms.